The van der Waals surface area contributed by atoms with E-state index in [4.69, 9.17) is 23.1 Å². The van der Waals surface area contributed by atoms with E-state index in [2.05, 4.69) is 35.5 Å². The van der Waals surface area contributed by atoms with Gasteiger partial charge in [-0.1, -0.05) is 23.7 Å². The molecule has 1 amide bonds. The molecule has 6 N–H and O–H groups in total. The van der Waals surface area contributed by atoms with E-state index in [-0.39, 0.29) is 17.3 Å². The van der Waals surface area contributed by atoms with E-state index in [1.54, 1.807) is 43.3 Å². The number of amidine groups is 1. The van der Waals surface area contributed by atoms with Crippen molar-refractivity contribution < 1.29 is 4.79 Å². The normalized spacial score (nSPS) is 12.7. The summed E-state index contributed by atoms with van der Waals surface area (Å²) in [4.78, 5) is 30.8. The number of carbonyl (C=O) groups is 1. The number of carbonyl (C=O) groups excluding carboxylic acids is 1. The minimum Gasteiger partial charge on any atom is -0.384 e. The Hall–Kier alpha value is -4.09. The van der Waals surface area contributed by atoms with Crippen molar-refractivity contribution in [1.82, 2.24) is 30.5 Å². The Balaban J connectivity index is 1.42. The second-order valence-corrected chi connectivity index (χ2v) is 8.47. The summed E-state index contributed by atoms with van der Waals surface area (Å²) in [5, 5.41) is 12.2. The maximum Gasteiger partial charge on any atom is 0.274 e. The summed E-state index contributed by atoms with van der Waals surface area (Å²) >= 11 is 7.45. The Kier molecular flexibility index (Phi) is 6.95. The molecule has 0 spiro atoms. The van der Waals surface area contributed by atoms with Gasteiger partial charge in [-0.3, -0.25) is 9.89 Å². The van der Waals surface area contributed by atoms with Crippen LogP contribution in [-0.4, -0.2) is 36.9 Å². The van der Waals surface area contributed by atoms with Crippen LogP contribution >= 0.6 is 22.9 Å². The minimum atomic E-state index is -0.494. The van der Waals surface area contributed by atoms with Gasteiger partial charge in [0.1, 0.15) is 11.7 Å². The van der Waals surface area contributed by atoms with Crippen LogP contribution in [0, 0.1) is 0 Å². The molecule has 3 heterocycles. The summed E-state index contributed by atoms with van der Waals surface area (Å²) < 4.78 is 0. The Morgan fingerprint density at radius 2 is 2.15 bits per heavy atom. The maximum absolute atomic E-state index is 12.8. The number of halogens is 1. The minimum absolute atomic E-state index is 0.0423. The Morgan fingerprint density at radius 1 is 1.29 bits per heavy atom. The number of rotatable bonds is 7. The molecule has 0 aliphatic rings. The smallest absolute Gasteiger partial charge is 0.274 e. The number of hydrogen-bond acceptors (Lipinski definition) is 8. The number of amides is 1. The number of aromatic nitrogens is 5. The molecule has 1 aromatic carbocycles. The highest BCUT2D eigenvalue weighted by molar-refractivity contribution is 7.13. The Labute approximate surface area is 203 Å². The van der Waals surface area contributed by atoms with Gasteiger partial charge in [0.15, 0.2) is 17.3 Å². The molecule has 0 saturated heterocycles. The van der Waals surface area contributed by atoms with Crippen LogP contribution in [0.5, 0.6) is 0 Å². The SMILES string of the molecule is C[C@@H](NC(=O)c1nc(-c2cccs2)cnc1N)c1nc(/C=C\C(N)=Nc2cccc(Cl)c2)n[nH]1. The lowest BCUT2D eigenvalue weighted by Gasteiger charge is -2.12. The van der Waals surface area contributed by atoms with Gasteiger partial charge < -0.3 is 16.8 Å². The zero-order valence-electron chi connectivity index (χ0n) is 17.9. The van der Waals surface area contributed by atoms with E-state index in [0.717, 1.165) is 4.88 Å². The summed E-state index contributed by atoms with van der Waals surface area (Å²) in [6, 6.07) is 10.3. The number of aromatic amines is 1. The highest BCUT2D eigenvalue weighted by atomic mass is 35.5. The fourth-order valence-corrected chi connectivity index (χ4v) is 3.75. The number of thiophene rings is 1. The quantitative estimate of drug-likeness (QED) is 0.225. The van der Waals surface area contributed by atoms with Crippen LogP contribution in [0.25, 0.3) is 16.6 Å². The maximum atomic E-state index is 12.8. The molecule has 0 saturated carbocycles. The first-order valence-electron chi connectivity index (χ1n) is 10.1. The zero-order chi connectivity index (χ0) is 24.1. The van der Waals surface area contributed by atoms with Gasteiger partial charge in [0, 0.05) is 5.02 Å². The molecule has 0 aliphatic heterocycles. The van der Waals surface area contributed by atoms with Crippen LogP contribution in [0.1, 0.15) is 35.1 Å². The summed E-state index contributed by atoms with van der Waals surface area (Å²) in [6.07, 6.45) is 4.72. The van der Waals surface area contributed by atoms with Crippen molar-refractivity contribution in [3.8, 4) is 10.6 Å². The van der Waals surface area contributed by atoms with Crippen molar-refractivity contribution in [2.24, 2.45) is 10.7 Å². The molecular formula is C22H20ClN9OS. The number of nitrogen functional groups attached to an aromatic ring is 1. The van der Waals surface area contributed by atoms with Crippen molar-refractivity contribution in [2.45, 2.75) is 13.0 Å². The molecule has 0 bridgehead atoms. The molecule has 0 unspecified atom stereocenters. The average Bonchev–Trinajstić information content (AvgIpc) is 3.50. The molecule has 10 nitrogen and oxygen atoms in total. The highest BCUT2D eigenvalue weighted by Gasteiger charge is 2.19. The van der Waals surface area contributed by atoms with E-state index >= 15 is 0 Å². The van der Waals surface area contributed by atoms with Crippen LogP contribution < -0.4 is 16.8 Å². The number of nitrogens with one attached hydrogen (secondary N) is 2. The molecular weight excluding hydrogens is 474 g/mol. The third-order valence-corrected chi connectivity index (χ3v) is 5.66. The number of hydrogen-bond donors (Lipinski definition) is 4. The van der Waals surface area contributed by atoms with Crippen LogP contribution in [0.3, 0.4) is 0 Å². The molecule has 1 atom stereocenters. The monoisotopic (exact) mass is 493 g/mol. The van der Waals surface area contributed by atoms with Gasteiger partial charge >= 0.3 is 0 Å². The lowest BCUT2D eigenvalue weighted by Crippen LogP contribution is -2.29. The average molecular weight is 494 g/mol. The first-order chi connectivity index (χ1) is 16.4. The standard InChI is InChI=1S/C22H20ClN9OS/c1-12(27-22(33)19-20(25)26-11-15(29-19)16-6-3-9-34-16)21-30-18(31-32-21)8-7-17(24)28-14-5-2-4-13(23)10-14/h2-12H,1H3,(H2,24,28)(H2,25,26)(H,27,33)(H,30,31,32)/b8-7-/t12-/m1/s1. The van der Waals surface area contributed by atoms with E-state index in [9.17, 15) is 4.79 Å². The Bertz CT molecular complexity index is 1360. The van der Waals surface area contributed by atoms with Gasteiger partial charge in [0.2, 0.25) is 0 Å². The molecule has 172 valence electrons. The van der Waals surface area contributed by atoms with Crippen molar-refractivity contribution in [1.29, 1.82) is 0 Å². The first-order valence-corrected chi connectivity index (χ1v) is 11.3. The van der Waals surface area contributed by atoms with Gasteiger partial charge in [0.05, 0.1) is 28.5 Å². The molecule has 3 aromatic heterocycles. The van der Waals surface area contributed by atoms with Gasteiger partial charge in [-0.05, 0) is 48.7 Å². The number of H-pyrrole nitrogens is 1. The predicted molar refractivity (Wildman–Crippen MR) is 134 cm³/mol. The zero-order valence-corrected chi connectivity index (χ0v) is 19.5. The topological polar surface area (TPSA) is 161 Å². The molecule has 4 aromatic rings. The summed E-state index contributed by atoms with van der Waals surface area (Å²) in [5.74, 6) is 0.649. The van der Waals surface area contributed by atoms with E-state index < -0.39 is 11.9 Å². The van der Waals surface area contributed by atoms with Crippen LogP contribution in [0.15, 0.2) is 59.0 Å². The Morgan fingerprint density at radius 3 is 2.91 bits per heavy atom. The molecule has 0 radical (unpaired) electrons. The lowest BCUT2D eigenvalue weighted by molar-refractivity contribution is 0.0934. The van der Waals surface area contributed by atoms with Crippen molar-refractivity contribution >= 4 is 52.3 Å². The van der Waals surface area contributed by atoms with E-state index in [1.807, 2.05) is 17.5 Å². The number of nitrogens with two attached hydrogens (primary N) is 2. The third-order valence-electron chi connectivity index (χ3n) is 4.54. The van der Waals surface area contributed by atoms with Crippen molar-refractivity contribution in [3.05, 3.63) is 76.4 Å². The number of benzene rings is 1. The van der Waals surface area contributed by atoms with Gasteiger partial charge in [-0.2, -0.15) is 5.10 Å². The molecule has 12 heteroatoms. The summed E-state index contributed by atoms with van der Waals surface area (Å²) in [7, 11) is 0. The predicted octanol–water partition coefficient (Wildman–Crippen LogP) is 3.75. The second-order valence-electron chi connectivity index (χ2n) is 7.09. The summed E-state index contributed by atoms with van der Waals surface area (Å²) in [5.41, 5.74) is 13.1. The molecule has 0 fully saturated rings. The van der Waals surface area contributed by atoms with Crippen LogP contribution in [-0.2, 0) is 0 Å². The van der Waals surface area contributed by atoms with Gasteiger partial charge in [0.25, 0.3) is 5.91 Å². The lowest BCUT2D eigenvalue weighted by atomic mass is 10.2. The van der Waals surface area contributed by atoms with Crippen LogP contribution in [0.2, 0.25) is 5.02 Å². The third kappa shape index (κ3) is 5.63. The molecule has 0 aliphatic carbocycles. The molecule has 4 rings (SSSR count). The number of nitrogens with zero attached hydrogens (tertiary/aromatic N) is 5. The van der Waals surface area contributed by atoms with E-state index in [0.29, 0.717) is 28.1 Å². The summed E-state index contributed by atoms with van der Waals surface area (Å²) in [6.45, 7) is 1.76. The highest BCUT2D eigenvalue weighted by Crippen LogP contribution is 2.23. The fraction of sp³-hybridized carbons (Fsp3) is 0.0909. The largest absolute Gasteiger partial charge is 0.384 e. The van der Waals surface area contributed by atoms with E-state index in [1.165, 1.54) is 17.5 Å². The first kappa shape index (κ1) is 23.1. The van der Waals surface area contributed by atoms with Gasteiger partial charge in [-0.25, -0.2) is 19.9 Å². The van der Waals surface area contributed by atoms with Crippen LogP contribution in [0.4, 0.5) is 11.5 Å². The fourth-order valence-electron chi connectivity index (χ4n) is 2.89. The van der Waals surface area contributed by atoms with Crippen molar-refractivity contribution in [3.63, 3.8) is 0 Å². The molecule has 34 heavy (non-hydrogen) atoms. The number of anilines is 1. The van der Waals surface area contributed by atoms with Crippen molar-refractivity contribution in [2.75, 3.05) is 5.73 Å². The van der Waals surface area contributed by atoms with Gasteiger partial charge in [-0.15, -0.1) is 11.3 Å². The number of aliphatic imine (C=N–C) groups is 1. The second kappa shape index (κ2) is 10.2.